The van der Waals surface area contributed by atoms with Crippen LogP contribution < -0.4 is 5.32 Å². The van der Waals surface area contributed by atoms with E-state index in [2.05, 4.69) is 36.1 Å². The Morgan fingerprint density at radius 3 is 2.20 bits per heavy atom. The van der Waals surface area contributed by atoms with Gasteiger partial charge >= 0.3 is 5.97 Å². The summed E-state index contributed by atoms with van der Waals surface area (Å²) in [6, 6.07) is -0.843. The van der Waals surface area contributed by atoms with Gasteiger partial charge in [0.15, 0.2) is 5.16 Å². The Balaban J connectivity index is 2.65. The van der Waals surface area contributed by atoms with Crippen molar-refractivity contribution in [2.24, 2.45) is 5.41 Å². The van der Waals surface area contributed by atoms with E-state index in [4.69, 9.17) is 0 Å². The lowest BCUT2D eigenvalue weighted by Crippen LogP contribution is -2.41. The van der Waals surface area contributed by atoms with Crippen LogP contribution in [-0.2, 0) is 16.0 Å². The average Bonchev–Trinajstić information content (AvgIpc) is 2.49. The van der Waals surface area contributed by atoms with Crippen molar-refractivity contribution < 1.29 is 14.7 Å². The normalized spacial score (nSPS) is 12.7. The highest BCUT2D eigenvalue weighted by atomic mass is 32.2. The smallest absolute Gasteiger partial charge is 0.326 e. The zero-order valence-electron chi connectivity index (χ0n) is 16.0. The number of carboxylic acid groups (broad SMARTS) is 1. The number of aryl methyl sites for hydroxylation is 2. The number of aromatic nitrogens is 2. The lowest BCUT2D eigenvalue weighted by molar-refractivity contribution is -0.142. The summed E-state index contributed by atoms with van der Waals surface area (Å²) in [6.45, 7) is 9.97. The van der Waals surface area contributed by atoms with Crippen LogP contribution in [0.15, 0.2) is 5.16 Å². The summed E-state index contributed by atoms with van der Waals surface area (Å²) in [7, 11) is 0. The maximum Gasteiger partial charge on any atom is 0.326 e. The third-order valence-corrected chi connectivity index (χ3v) is 4.55. The van der Waals surface area contributed by atoms with Gasteiger partial charge in [-0.25, -0.2) is 14.8 Å². The summed E-state index contributed by atoms with van der Waals surface area (Å²) in [6.07, 6.45) is 3.80. The molecule has 0 bridgehead atoms. The number of hydrogen-bond donors (Lipinski definition) is 2. The van der Waals surface area contributed by atoms with Gasteiger partial charge in [0.1, 0.15) is 6.04 Å². The van der Waals surface area contributed by atoms with Crippen LogP contribution in [0, 0.1) is 19.3 Å². The molecule has 140 valence electrons. The van der Waals surface area contributed by atoms with Crippen molar-refractivity contribution >= 4 is 23.6 Å². The SMILES string of the molecule is CSc1nc(C)c(CCC(=O)NC(CCC(C)(C)C)C(=O)O)c(C)n1. The highest BCUT2D eigenvalue weighted by Gasteiger charge is 2.23. The quantitative estimate of drug-likeness (QED) is 0.542. The molecule has 0 saturated heterocycles. The summed E-state index contributed by atoms with van der Waals surface area (Å²) < 4.78 is 0. The molecular weight excluding hydrogens is 338 g/mol. The van der Waals surface area contributed by atoms with Gasteiger partial charge in [0, 0.05) is 17.8 Å². The fraction of sp³-hybridized carbons (Fsp3) is 0.667. The first-order valence-electron chi connectivity index (χ1n) is 8.43. The highest BCUT2D eigenvalue weighted by molar-refractivity contribution is 7.98. The van der Waals surface area contributed by atoms with Crippen LogP contribution in [0.25, 0.3) is 0 Å². The minimum atomic E-state index is -0.988. The Hall–Kier alpha value is -1.63. The van der Waals surface area contributed by atoms with Gasteiger partial charge in [-0.3, -0.25) is 4.79 Å². The van der Waals surface area contributed by atoms with Crippen LogP contribution in [0.5, 0.6) is 0 Å². The monoisotopic (exact) mass is 367 g/mol. The van der Waals surface area contributed by atoms with Crippen molar-refractivity contribution in [1.29, 1.82) is 0 Å². The number of thioether (sulfide) groups is 1. The maximum atomic E-state index is 12.2. The van der Waals surface area contributed by atoms with Gasteiger partial charge < -0.3 is 10.4 Å². The van der Waals surface area contributed by atoms with E-state index in [-0.39, 0.29) is 17.7 Å². The Bertz CT molecular complexity index is 603. The number of carboxylic acids is 1. The molecule has 0 aliphatic rings. The van der Waals surface area contributed by atoms with E-state index in [0.717, 1.165) is 28.5 Å². The van der Waals surface area contributed by atoms with E-state index in [9.17, 15) is 14.7 Å². The van der Waals surface area contributed by atoms with Gasteiger partial charge in [0.05, 0.1) is 0 Å². The molecule has 1 aromatic rings. The third kappa shape index (κ3) is 7.42. The lowest BCUT2D eigenvalue weighted by Gasteiger charge is -2.21. The predicted molar refractivity (Wildman–Crippen MR) is 99.9 cm³/mol. The highest BCUT2D eigenvalue weighted by Crippen LogP contribution is 2.22. The van der Waals surface area contributed by atoms with Crippen molar-refractivity contribution in [2.75, 3.05) is 6.26 Å². The van der Waals surface area contributed by atoms with Crippen molar-refractivity contribution in [3.05, 3.63) is 17.0 Å². The number of nitrogens with zero attached hydrogens (tertiary/aromatic N) is 2. The molecule has 0 spiro atoms. The largest absolute Gasteiger partial charge is 0.480 e. The Morgan fingerprint density at radius 2 is 1.76 bits per heavy atom. The molecule has 2 N–H and O–H groups in total. The molecular formula is C18H29N3O3S. The van der Waals surface area contributed by atoms with Crippen LogP contribution in [0.4, 0.5) is 0 Å². The lowest BCUT2D eigenvalue weighted by atomic mass is 9.88. The second-order valence-electron chi connectivity index (χ2n) is 7.42. The minimum Gasteiger partial charge on any atom is -0.480 e. The molecule has 0 radical (unpaired) electrons. The molecule has 0 aliphatic heterocycles. The van der Waals surface area contributed by atoms with Gasteiger partial charge in [-0.1, -0.05) is 32.5 Å². The van der Waals surface area contributed by atoms with Gasteiger partial charge in [0.25, 0.3) is 0 Å². The van der Waals surface area contributed by atoms with E-state index in [1.54, 1.807) is 0 Å². The third-order valence-electron chi connectivity index (χ3n) is 4.00. The molecule has 1 atom stereocenters. The number of nitrogens with one attached hydrogen (secondary N) is 1. The molecule has 0 saturated carbocycles. The maximum absolute atomic E-state index is 12.2. The van der Waals surface area contributed by atoms with Crippen molar-refractivity contribution in [2.45, 2.75) is 71.5 Å². The summed E-state index contributed by atoms with van der Waals surface area (Å²) in [5, 5.41) is 12.7. The summed E-state index contributed by atoms with van der Waals surface area (Å²) in [5.41, 5.74) is 2.72. The van der Waals surface area contributed by atoms with Crippen LogP contribution in [0.2, 0.25) is 0 Å². The van der Waals surface area contributed by atoms with Crippen LogP contribution in [0.1, 0.15) is 57.0 Å². The first kappa shape index (κ1) is 21.4. The van der Waals surface area contributed by atoms with E-state index in [0.29, 0.717) is 12.8 Å². The zero-order chi connectivity index (χ0) is 19.2. The summed E-state index contributed by atoms with van der Waals surface area (Å²) in [5.74, 6) is -1.24. The number of aliphatic carboxylic acids is 1. The van der Waals surface area contributed by atoms with Gasteiger partial charge in [-0.15, -0.1) is 0 Å². The first-order chi connectivity index (χ1) is 11.5. The van der Waals surface area contributed by atoms with Crippen molar-refractivity contribution in [3.63, 3.8) is 0 Å². The molecule has 0 fully saturated rings. The molecule has 0 aliphatic carbocycles. The zero-order valence-corrected chi connectivity index (χ0v) is 16.8. The Labute approximate surface area is 154 Å². The summed E-state index contributed by atoms with van der Waals surface area (Å²) >= 11 is 1.48. The number of carbonyl (C=O) groups excluding carboxylic acids is 1. The van der Waals surface area contributed by atoms with Crippen molar-refractivity contribution in [1.82, 2.24) is 15.3 Å². The van der Waals surface area contributed by atoms with Gasteiger partial charge in [0.2, 0.25) is 5.91 Å². The van der Waals surface area contributed by atoms with E-state index in [1.165, 1.54) is 11.8 Å². The molecule has 1 unspecified atom stereocenters. The Morgan fingerprint density at radius 1 is 1.20 bits per heavy atom. The molecule has 1 amide bonds. The van der Waals surface area contributed by atoms with Crippen LogP contribution in [-0.4, -0.2) is 39.2 Å². The number of amides is 1. The Kier molecular flexibility index (Phi) is 7.86. The number of hydrogen-bond acceptors (Lipinski definition) is 5. The molecule has 7 heteroatoms. The van der Waals surface area contributed by atoms with E-state index >= 15 is 0 Å². The molecule has 25 heavy (non-hydrogen) atoms. The average molecular weight is 368 g/mol. The number of rotatable bonds is 8. The molecule has 6 nitrogen and oxygen atoms in total. The fourth-order valence-corrected chi connectivity index (χ4v) is 2.96. The van der Waals surface area contributed by atoms with E-state index in [1.807, 2.05) is 20.1 Å². The van der Waals surface area contributed by atoms with E-state index < -0.39 is 12.0 Å². The fourth-order valence-electron chi connectivity index (χ4n) is 2.50. The molecule has 0 aromatic carbocycles. The first-order valence-corrected chi connectivity index (χ1v) is 9.66. The second-order valence-corrected chi connectivity index (χ2v) is 8.19. The van der Waals surface area contributed by atoms with Crippen LogP contribution >= 0.6 is 11.8 Å². The molecule has 1 heterocycles. The minimum absolute atomic E-state index is 0.0308. The van der Waals surface area contributed by atoms with Gasteiger partial charge in [-0.05, 0) is 50.3 Å². The summed E-state index contributed by atoms with van der Waals surface area (Å²) in [4.78, 5) is 32.4. The molecule has 1 aromatic heterocycles. The van der Waals surface area contributed by atoms with Crippen molar-refractivity contribution in [3.8, 4) is 0 Å². The second kappa shape index (κ2) is 9.17. The topological polar surface area (TPSA) is 92.2 Å². The standard InChI is InChI=1S/C18H29N3O3S/c1-11-13(12(2)20-17(19-11)25-6)7-8-15(22)21-14(16(23)24)9-10-18(3,4)5/h14H,7-10H2,1-6H3,(H,21,22)(H,23,24). The number of carbonyl (C=O) groups is 2. The molecule has 1 rings (SSSR count). The predicted octanol–water partition coefficient (Wildman–Crippen LogP) is 3.14. The van der Waals surface area contributed by atoms with Gasteiger partial charge in [-0.2, -0.15) is 0 Å². The van der Waals surface area contributed by atoms with Crippen LogP contribution in [0.3, 0.4) is 0 Å².